The van der Waals surface area contributed by atoms with Crippen LogP contribution in [0.25, 0.3) is 0 Å². The number of aliphatic carboxylic acids is 1. The summed E-state index contributed by atoms with van der Waals surface area (Å²) < 4.78 is 13.1. The Hall–Kier alpha value is -1.91. The first-order chi connectivity index (χ1) is 9.79. The number of benzene rings is 1. The molecule has 1 amide bonds. The van der Waals surface area contributed by atoms with Gasteiger partial charge in [-0.3, -0.25) is 9.59 Å². The summed E-state index contributed by atoms with van der Waals surface area (Å²) >= 11 is 0. The Morgan fingerprint density at radius 3 is 2.57 bits per heavy atom. The number of hydrogen-bond donors (Lipinski definition) is 1. The normalized spacial score (nSPS) is 13.5. The highest BCUT2D eigenvalue weighted by Crippen LogP contribution is 2.14. The second-order valence-corrected chi connectivity index (χ2v) is 5.66. The monoisotopic (exact) mass is 295 g/mol. The van der Waals surface area contributed by atoms with Crippen molar-refractivity contribution >= 4 is 11.9 Å². The van der Waals surface area contributed by atoms with E-state index in [0.717, 1.165) is 5.56 Å². The number of rotatable bonds is 7. The standard InChI is InChI=1S/C16H22FNO3/c1-11(7-13-5-4-6-14(17)9-13)8-15(19)18(3)10-12(2)16(20)21/h4-6,9,11-12H,7-8,10H2,1-3H3,(H,20,21). The number of carboxylic acids is 1. The molecule has 4 nitrogen and oxygen atoms in total. The van der Waals surface area contributed by atoms with Gasteiger partial charge in [-0.25, -0.2) is 4.39 Å². The third kappa shape index (κ3) is 5.94. The Balaban J connectivity index is 2.48. The van der Waals surface area contributed by atoms with Gasteiger partial charge in [0.05, 0.1) is 5.92 Å². The molecule has 0 aromatic heterocycles. The number of amides is 1. The van der Waals surface area contributed by atoms with E-state index < -0.39 is 11.9 Å². The largest absolute Gasteiger partial charge is 0.481 e. The van der Waals surface area contributed by atoms with Crippen molar-refractivity contribution < 1.29 is 19.1 Å². The molecule has 1 rings (SSSR count). The molecule has 2 unspecified atom stereocenters. The van der Waals surface area contributed by atoms with E-state index >= 15 is 0 Å². The first-order valence-corrected chi connectivity index (χ1v) is 7.00. The van der Waals surface area contributed by atoms with E-state index in [1.165, 1.54) is 17.0 Å². The molecule has 0 bridgehead atoms. The van der Waals surface area contributed by atoms with E-state index in [2.05, 4.69) is 0 Å². The summed E-state index contributed by atoms with van der Waals surface area (Å²) in [5.41, 5.74) is 0.858. The topological polar surface area (TPSA) is 57.6 Å². The molecule has 1 aromatic carbocycles. The molecule has 5 heteroatoms. The summed E-state index contributed by atoms with van der Waals surface area (Å²) in [5, 5.41) is 8.84. The Labute approximate surface area is 124 Å². The van der Waals surface area contributed by atoms with E-state index in [1.54, 1.807) is 20.0 Å². The summed E-state index contributed by atoms with van der Waals surface area (Å²) in [6.45, 7) is 3.69. The Morgan fingerprint density at radius 1 is 1.33 bits per heavy atom. The Kier molecular flexibility index (Phi) is 6.34. The molecular formula is C16H22FNO3. The molecule has 0 aliphatic rings. The summed E-state index contributed by atoms with van der Waals surface area (Å²) in [7, 11) is 1.61. The first-order valence-electron chi connectivity index (χ1n) is 7.00. The number of carboxylic acid groups (broad SMARTS) is 1. The number of carbonyl (C=O) groups excluding carboxylic acids is 1. The van der Waals surface area contributed by atoms with Gasteiger partial charge in [-0.1, -0.05) is 26.0 Å². The van der Waals surface area contributed by atoms with Crippen molar-refractivity contribution in [3.63, 3.8) is 0 Å². The van der Waals surface area contributed by atoms with Gasteiger partial charge in [-0.05, 0) is 30.0 Å². The smallest absolute Gasteiger partial charge is 0.308 e. The van der Waals surface area contributed by atoms with E-state index in [9.17, 15) is 14.0 Å². The molecule has 0 heterocycles. The van der Waals surface area contributed by atoms with Crippen LogP contribution in [-0.2, 0) is 16.0 Å². The van der Waals surface area contributed by atoms with Crippen LogP contribution < -0.4 is 0 Å². The fraction of sp³-hybridized carbons (Fsp3) is 0.500. The van der Waals surface area contributed by atoms with Crippen LogP contribution in [0.3, 0.4) is 0 Å². The van der Waals surface area contributed by atoms with Gasteiger partial charge in [-0.15, -0.1) is 0 Å². The number of carbonyl (C=O) groups is 2. The minimum Gasteiger partial charge on any atom is -0.481 e. The lowest BCUT2D eigenvalue weighted by molar-refractivity contribution is -0.142. The van der Waals surface area contributed by atoms with Crippen LogP contribution in [0.15, 0.2) is 24.3 Å². The van der Waals surface area contributed by atoms with Crippen molar-refractivity contribution in [1.82, 2.24) is 4.90 Å². The fourth-order valence-corrected chi connectivity index (χ4v) is 2.18. The summed E-state index contributed by atoms with van der Waals surface area (Å²) in [6, 6.07) is 6.34. The molecule has 0 saturated carbocycles. The van der Waals surface area contributed by atoms with Crippen molar-refractivity contribution in [3.05, 3.63) is 35.6 Å². The highest BCUT2D eigenvalue weighted by Gasteiger charge is 2.19. The molecule has 116 valence electrons. The summed E-state index contributed by atoms with van der Waals surface area (Å²) in [4.78, 5) is 24.3. The minimum atomic E-state index is -0.914. The summed E-state index contributed by atoms with van der Waals surface area (Å²) in [5.74, 6) is -1.80. The maximum atomic E-state index is 13.1. The van der Waals surface area contributed by atoms with E-state index in [1.807, 2.05) is 13.0 Å². The third-order valence-corrected chi connectivity index (χ3v) is 3.39. The van der Waals surface area contributed by atoms with Gasteiger partial charge in [0.2, 0.25) is 5.91 Å². The lowest BCUT2D eigenvalue weighted by Crippen LogP contribution is -2.34. The number of halogens is 1. The van der Waals surface area contributed by atoms with Gasteiger partial charge in [0, 0.05) is 20.0 Å². The SMILES string of the molecule is CC(CC(=O)N(C)CC(C)C(=O)O)Cc1cccc(F)c1. The van der Waals surface area contributed by atoms with E-state index in [4.69, 9.17) is 5.11 Å². The number of hydrogen-bond acceptors (Lipinski definition) is 2. The lowest BCUT2D eigenvalue weighted by Gasteiger charge is -2.21. The predicted molar refractivity (Wildman–Crippen MR) is 78.3 cm³/mol. The molecule has 1 aromatic rings. The second kappa shape index (κ2) is 7.76. The molecule has 2 atom stereocenters. The van der Waals surface area contributed by atoms with Crippen LogP contribution in [0.2, 0.25) is 0 Å². The molecule has 0 aliphatic heterocycles. The van der Waals surface area contributed by atoms with Crippen LogP contribution in [-0.4, -0.2) is 35.5 Å². The molecule has 1 N–H and O–H groups in total. The maximum absolute atomic E-state index is 13.1. The van der Waals surface area contributed by atoms with Crippen molar-refractivity contribution in [3.8, 4) is 0 Å². The minimum absolute atomic E-state index is 0.0712. The van der Waals surface area contributed by atoms with Crippen LogP contribution in [0.1, 0.15) is 25.8 Å². The highest BCUT2D eigenvalue weighted by atomic mass is 19.1. The van der Waals surface area contributed by atoms with Gasteiger partial charge in [0.15, 0.2) is 0 Å². The van der Waals surface area contributed by atoms with Crippen molar-refractivity contribution in [2.75, 3.05) is 13.6 Å². The van der Waals surface area contributed by atoms with Crippen molar-refractivity contribution in [1.29, 1.82) is 0 Å². The van der Waals surface area contributed by atoms with E-state index in [-0.39, 0.29) is 24.2 Å². The number of nitrogens with zero attached hydrogens (tertiary/aromatic N) is 1. The second-order valence-electron chi connectivity index (χ2n) is 5.66. The van der Waals surface area contributed by atoms with Gasteiger partial charge >= 0.3 is 5.97 Å². The van der Waals surface area contributed by atoms with Crippen LogP contribution in [0, 0.1) is 17.7 Å². The first kappa shape index (κ1) is 17.1. The maximum Gasteiger partial charge on any atom is 0.308 e. The van der Waals surface area contributed by atoms with Gasteiger partial charge in [-0.2, -0.15) is 0 Å². The molecule has 0 fully saturated rings. The molecular weight excluding hydrogens is 273 g/mol. The molecule has 21 heavy (non-hydrogen) atoms. The fourth-order valence-electron chi connectivity index (χ4n) is 2.18. The molecule has 0 radical (unpaired) electrons. The Bertz CT molecular complexity index is 504. The average Bonchev–Trinajstić information content (AvgIpc) is 2.37. The van der Waals surface area contributed by atoms with Gasteiger partial charge in [0.25, 0.3) is 0 Å². The zero-order chi connectivity index (χ0) is 16.0. The average molecular weight is 295 g/mol. The predicted octanol–water partition coefficient (Wildman–Crippen LogP) is 2.57. The van der Waals surface area contributed by atoms with E-state index in [0.29, 0.717) is 12.8 Å². The summed E-state index contributed by atoms with van der Waals surface area (Å²) in [6.07, 6.45) is 0.936. The zero-order valence-electron chi connectivity index (χ0n) is 12.7. The highest BCUT2D eigenvalue weighted by molar-refractivity contribution is 5.77. The molecule has 0 spiro atoms. The van der Waals surface area contributed by atoms with Gasteiger partial charge in [0.1, 0.15) is 5.82 Å². The zero-order valence-corrected chi connectivity index (χ0v) is 12.7. The molecule has 0 saturated heterocycles. The van der Waals surface area contributed by atoms with Crippen molar-refractivity contribution in [2.45, 2.75) is 26.7 Å². The van der Waals surface area contributed by atoms with Gasteiger partial charge < -0.3 is 10.0 Å². The van der Waals surface area contributed by atoms with Crippen LogP contribution in [0.5, 0.6) is 0 Å². The lowest BCUT2D eigenvalue weighted by atomic mass is 9.97. The third-order valence-electron chi connectivity index (χ3n) is 3.39. The van der Waals surface area contributed by atoms with Crippen molar-refractivity contribution in [2.24, 2.45) is 11.8 Å². The molecule has 0 aliphatic carbocycles. The van der Waals surface area contributed by atoms with Crippen LogP contribution >= 0.6 is 0 Å². The van der Waals surface area contributed by atoms with Crippen LogP contribution in [0.4, 0.5) is 4.39 Å². The quantitative estimate of drug-likeness (QED) is 0.841. The Morgan fingerprint density at radius 2 is 2.00 bits per heavy atom.